The molecule has 0 aliphatic carbocycles. The second-order valence-corrected chi connectivity index (χ2v) is 6.47. The molecule has 0 spiro atoms. The van der Waals surface area contributed by atoms with Crippen LogP contribution in [0.4, 0.5) is 5.95 Å². The zero-order valence-corrected chi connectivity index (χ0v) is 13.0. The Bertz CT molecular complexity index is 770. The van der Waals surface area contributed by atoms with E-state index < -0.39 is 15.7 Å². The zero-order valence-electron chi connectivity index (χ0n) is 12.2. The molecule has 1 heterocycles. The van der Waals surface area contributed by atoms with Gasteiger partial charge in [0.25, 0.3) is 5.91 Å². The first-order chi connectivity index (χ1) is 10.4. The number of aryl methyl sites for hydroxylation is 1. The predicted molar refractivity (Wildman–Crippen MR) is 79.4 cm³/mol. The van der Waals surface area contributed by atoms with Crippen LogP contribution in [0.3, 0.4) is 0 Å². The first kappa shape index (κ1) is 16.0. The van der Waals surface area contributed by atoms with E-state index in [1.54, 1.807) is 6.07 Å². The van der Waals surface area contributed by atoms with Crippen molar-refractivity contribution in [3.8, 4) is 5.75 Å². The van der Waals surface area contributed by atoms with Crippen LogP contribution in [-0.2, 0) is 21.1 Å². The van der Waals surface area contributed by atoms with Crippen LogP contribution in [-0.4, -0.2) is 42.4 Å². The van der Waals surface area contributed by atoms with Gasteiger partial charge in [0.2, 0.25) is 20.9 Å². The Labute approximate surface area is 127 Å². The summed E-state index contributed by atoms with van der Waals surface area (Å²) in [4.78, 5) is 15.4. The molecule has 0 aliphatic rings. The molecule has 2 N–H and O–H groups in total. The van der Waals surface area contributed by atoms with Crippen molar-refractivity contribution in [1.82, 2.24) is 15.2 Å². The number of H-pyrrole nitrogens is 1. The van der Waals surface area contributed by atoms with Crippen LogP contribution in [0.5, 0.6) is 5.75 Å². The second-order valence-electron chi connectivity index (χ2n) is 4.53. The monoisotopic (exact) mass is 324 g/mol. The molecule has 0 bridgehead atoms. The van der Waals surface area contributed by atoms with Crippen molar-refractivity contribution in [1.29, 1.82) is 0 Å². The number of anilines is 1. The van der Waals surface area contributed by atoms with Crippen molar-refractivity contribution in [2.75, 3.05) is 18.2 Å². The highest BCUT2D eigenvalue weighted by atomic mass is 32.2. The molecule has 0 atom stereocenters. The Morgan fingerprint density at radius 2 is 2.09 bits per heavy atom. The van der Waals surface area contributed by atoms with Gasteiger partial charge < -0.3 is 4.74 Å². The molecular weight excluding hydrogens is 308 g/mol. The van der Waals surface area contributed by atoms with Gasteiger partial charge in [-0.1, -0.05) is 25.1 Å². The number of carbonyl (C=O) groups excluding carboxylic acids is 1. The number of amides is 1. The SMILES string of the molecule is CCc1ccccc1OCC(=O)Nc1n[nH]c(S(C)(=O)=O)n1. The molecule has 2 aromatic rings. The van der Waals surface area contributed by atoms with Crippen molar-refractivity contribution < 1.29 is 17.9 Å². The fourth-order valence-corrected chi connectivity index (χ4v) is 2.17. The maximum Gasteiger partial charge on any atom is 0.264 e. The van der Waals surface area contributed by atoms with Crippen molar-refractivity contribution in [3.63, 3.8) is 0 Å². The van der Waals surface area contributed by atoms with Crippen LogP contribution in [0.2, 0.25) is 0 Å². The number of hydrogen-bond acceptors (Lipinski definition) is 6. The third kappa shape index (κ3) is 4.04. The minimum atomic E-state index is -3.49. The van der Waals surface area contributed by atoms with Crippen molar-refractivity contribution in [2.45, 2.75) is 18.5 Å². The van der Waals surface area contributed by atoms with Crippen molar-refractivity contribution >= 4 is 21.7 Å². The van der Waals surface area contributed by atoms with Crippen molar-refractivity contribution in [3.05, 3.63) is 29.8 Å². The average molecular weight is 324 g/mol. The molecule has 0 radical (unpaired) electrons. The lowest BCUT2D eigenvalue weighted by Gasteiger charge is -2.09. The first-order valence-corrected chi connectivity index (χ1v) is 8.42. The normalized spacial score (nSPS) is 11.2. The van der Waals surface area contributed by atoms with E-state index >= 15 is 0 Å². The molecule has 2 rings (SSSR count). The maximum atomic E-state index is 11.8. The van der Waals surface area contributed by atoms with E-state index in [4.69, 9.17) is 4.74 Å². The van der Waals surface area contributed by atoms with E-state index in [1.807, 2.05) is 25.1 Å². The summed E-state index contributed by atoms with van der Waals surface area (Å²) in [6, 6.07) is 7.41. The number of aromatic nitrogens is 3. The molecule has 1 aromatic heterocycles. The summed E-state index contributed by atoms with van der Waals surface area (Å²) in [5.74, 6) is 0.0368. The number of ether oxygens (including phenoxy) is 1. The minimum absolute atomic E-state index is 0.113. The molecule has 1 aromatic carbocycles. The lowest BCUT2D eigenvalue weighted by molar-refractivity contribution is -0.118. The molecule has 9 heteroatoms. The predicted octanol–water partition coefficient (Wildman–Crippen LogP) is 0.788. The number of hydrogen-bond donors (Lipinski definition) is 2. The summed E-state index contributed by atoms with van der Waals surface area (Å²) >= 11 is 0. The van der Waals surface area contributed by atoms with Crippen LogP contribution < -0.4 is 10.1 Å². The number of para-hydroxylation sites is 1. The van der Waals surface area contributed by atoms with Crippen molar-refractivity contribution in [2.24, 2.45) is 0 Å². The molecule has 8 nitrogen and oxygen atoms in total. The van der Waals surface area contributed by atoms with Crippen LogP contribution in [0.25, 0.3) is 0 Å². The van der Waals surface area contributed by atoms with Gasteiger partial charge in [-0.25, -0.2) is 13.5 Å². The zero-order chi connectivity index (χ0) is 16.2. The number of nitrogens with zero attached hydrogens (tertiary/aromatic N) is 2. The largest absolute Gasteiger partial charge is 0.483 e. The van der Waals surface area contributed by atoms with Gasteiger partial charge in [0.1, 0.15) is 5.75 Å². The number of rotatable bonds is 6. The Hall–Kier alpha value is -2.42. The van der Waals surface area contributed by atoms with E-state index in [9.17, 15) is 13.2 Å². The lowest BCUT2D eigenvalue weighted by atomic mass is 10.1. The quantitative estimate of drug-likeness (QED) is 0.812. The van der Waals surface area contributed by atoms with Crippen LogP contribution in [0, 0.1) is 0 Å². The first-order valence-electron chi connectivity index (χ1n) is 6.53. The number of nitrogens with one attached hydrogen (secondary N) is 2. The number of sulfone groups is 1. The van der Waals surface area contributed by atoms with E-state index in [0.717, 1.165) is 18.2 Å². The molecule has 22 heavy (non-hydrogen) atoms. The molecule has 1 amide bonds. The molecule has 118 valence electrons. The van der Waals surface area contributed by atoms with Gasteiger partial charge in [-0.3, -0.25) is 10.1 Å². The molecule has 0 unspecified atom stereocenters. The fourth-order valence-electron chi connectivity index (χ4n) is 1.71. The van der Waals surface area contributed by atoms with Gasteiger partial charge >= 0.3 is 0 Å². The highest BCUT2D eigenvalue weighted by molar-refractivity contribution is 7.90. The third-order valence-electron chi connectivity index (χ3n) is 2.78. The fraction of sp³-hybridized carbons (Fsp3) is 0.308. The van der Waals surface area contributed by atoms with Gasteiger partial charge in [0, 0.05) is 6.26 Å². The van der Waals surface area contributed by atoms with Crippen LogP contribution in [0.1, 0.15) is 12.5 Å². The van der Waals surface area contributed by atoms with Gasteiger partial charge in [0.05, 0.1) is 0 Å². The Morgan fingerprint density at radius 3 is 2.73 bits per heavy atom. The minimum Gasteiger partial charge on any atom is -0.483 e. The smallest absolute Gasteiger partial charge is 0.264 e. The lowest BCUT2D eigenvalue weighted by Crippen LogP contribution is -2.21. The molecule has 0 saturated heterocycles. The van der Waals surface area contributed by atoms with Gasteiger partial charge in [-0.2, -0.15) is 4.98 Å². The van der Waals surface area contributed by atoms with Crippen LogP contribution >= 0.6 is 0 Å². The standard InChI is InChI=1S/C13H16N4O4S/c1-3-9-6-4-5-7-10(9)21-8-11(18)14-12-15-13(17-16-12)22(2,19)20/h4-7H,3,8H2,1-2H3,(H2,14,15,16,17,18). The summed E-state index contributed by atoms with van der Waals surface area (Å²) < 4.78 is 27.9. The second kappa shape index (κ2) is 6.56. The number of aromatic amines is 1. The summed E-state index contributed by atoms with van der Waals surface area (Å²) in [6.45, 7) is 1.77. The van der Waals surface area contributed by atoms with Gasteiger partial charge in [-0.15, -0.1) is 5.10 Å². The summed E-state index contributed by atoms with van der Waals surface area (Å²) in [5.41, 5.74) is 0.993. The molecule has 0 fully saturated rings. The van der Waals surface area contributed by atoms with Gasteiger partial charge in [0.15, 0.2) is 6.61 Å². The maximum absolute atomic E-state index is 11.8. The third-order valence-corrected chi connectivity index (χ3v) is 3.66. The Kier molecular flexibility index (Phi) is 4.76. The number of benzene rings is 1. The number of carbonyl (C=O) groups is 1. The highest BCUT2D eigenvalue weighted by Gasteiger charge is 2.15. The molecule has 0 saturated carbocycles. The van der Waals surface area contributed by atoms with E-state index in [0.29, 0.717) is 5.75 Å². The van der Waals surface area contributed by atoms with E-state index in [2.05, 4.69) is 20.5 Å². The average Bonchev–Trinajstić information content (AvgIpc) is 2.94. The molecule has 0 aliphatic heterocycles. The summed E-state index contributed by atoms with van der Waals surface area (Å²) in [5, 5.41) is 7.90. The topological polar surface area (TPSA) is 114 Å². The summed E-state index contributed by atoms with van der Waals surface area (Å²) in [6.07, 6.45) is 1.78. The molecular formula is C13H16N4O4S. The Balaban J connectivity index is 1.95. The van der Waals surface area contributed by atoms with E-state index in [-0.39, 0.29) is 17.7 Å². The highest BCUT2D eigenvalue weighted by Crippen LogP contribution is 2.18. The van der Waals surface area contributed by atoms with Gasteiger partial charge in [-0.05, 0) is 18.1 Å². The Morgan fingerprint density at radius 1 is 1.36 bits per heavy atom. The van der Waals surface area contributed by atoms with Crippen LogP contribution in [0.15, 0.2) is 29.4 Å². The van der Waals surface area contributed by atoms with E-state index in [1.165, 1.54) is 0 Å². The summed E-state index contributed by atoms with van der Waals surface area (Å²) in [7, 11) is -3.49.